The van der Waals surface area contributed by atoms with Crippen LogP contribution in [0.1, 0.15) is 36.0 Å². The van der Waals surface area contributed by atoms with Gasteiger partial charge in [-0.25, -0.2) is 13.1 Å². The third kappa shape index (κ3) is 9.39. The lowest BCUT2D eigenvalue weighted by molar-refractivity contribution is -0.132. The van der Waals surface area contributed by atoms with Gasteiger partial charge < -0.3 is 20.7 Å². The first-order valence-electron chi connectivity index (χ1n) is 14.9. The summed E-state index contributed by atoms with van der Waals surface area (Å²) in [5.74, 6) is 0.0145. The molecule has 11 heteroatoms. The highest BCUT2D eigenvalue weighted by atomic mass is 32.2. The summed E-state index contributed by atoms with van der Waals surface area (Å²) in [6.45, 7) is 0.539. The molecule has 0 aromatic heterocycles. The summed E-state index contributed by atoms with van der Waals surface area (Å²) >= 11 is 0. The lowest BCUT2D eigenvalue weighted by Gasteiger charge is -2.26. The van der Waals surface area contributed by atoms with E-state index in [4.69, 9.17) is 4.74 Å². The van der Waals surface area contributed by atoms with Crippen molar-refractivity contribution in [2.45, 2.75) is 56.7 Å². The van der Waals surface area contributed by atoms with Crippen LogP contribution in [-0.2, 0) is 43.7 Å². The summed E-state index contributed by atoms with van der Waals surface area (Å²) < 4.78 is 33.1. The van der Waals surface area contributed by atoms with Gasteiger partial charge in [0, 0.05) is 13.0 Å². The molecule has 3 aromatic rings. The number of carbonyl (C=O) groups is 3. The Labute approximate surface area is 258 Å². The third-order valence-electron chi connectivity index (χ3n) is 7.68. The zero-order valence-corrected chi connectivity index (χ0v) is 25.4. The van der Waals surface area contributed by atoms with E-state index < -0.39 is 40.0 Å². The highest BCUT2D eigenvalue weighted by molar-refractivity contribution is 7.88. The molecule has 1 aliphatic carbocycles. The fourth-order valence-electron chi connectivity index (χ4n) is 5.19. The summed E-state index contributed by atoms with van der Waals surface area (Å²) in [5.41, 5.74) is 2.43. The topological polar surface area (TPSA) is 143 Å². The predicted octanol–water partition coefficient (Wildman–Crippen LogP) is 2.62. The molecule has 0 radical (unpaired) electrons. The van der Waals surface area contributed by atoms with Crippen LogP contribution in [0.4, 0.5) is 0 Å². The summed E-state index contributed by atoms with van der Waals surface area (Å²) in [5, 5.41) is 8.63. The second kappa shape index (κ2) is 14.0. The maximum atomic E-state index is 13.8. The molecule has 1 heterocycles. The molecule has 1 fully saturated rings. The quantitative estimate of drug-likeness (QED) is 0.306. The number of fused-ring (bicyclic) bond motifs is 4. The Morgan fingerprint density at radius 3 is 2.16 bits per heavy atom. The van der Waals surface area contributed by atoms with Gasteiger partial charge in [-0.3, -0.25) is 14.4 Å². The molecule has 232 valence electrons. The van der Waals surface area contributed by atoms with E-state index in [1.54, 1.807) is 30.3 Å². The zero-order valence-electron chi connectivity index (χ0n) is 24.6. The maximum absolute atomic E-state index is 13.8. The van der Waals surface area contributed by atoms with Crippen LogP contribution in [0.3, 0.4) is 0 Å². The molecule has 3 amide bonds. The number of carbonyl (C=O) groups excluding carboxylic acids is 3. The van der Waals surface area contributed by atoms with Crippen molar-refractivity contribution in [2.75, 3.05) is 12.8 Å². The van der Waals surface area contributed by atoms with Crippen molar-refractivity contribution in [1.29, 1.82) is 0 Å². The van der Waals surface area contributed by atoms with E-state index in [1.165, 1.54) is 0 Å². The van der Waals surface area contributed by atoms with E-state index in [-0.39, 0.29) is 25.2 Å². The molecule has 3 atom stereocenters. The monoisotopic (exact) mass is 618 g/mol. The molecular weight excluding hydrogens is 580 g/mol. The van der Waals surface area contributed by atoms with Gasteiger partial charge in [-0.2, -0.15) is 0 Å². The van der Waals surface area contributed by atoms with Crippen LogP contribution in [0.25, 0.3) is 0 Å². The number of hydrogen-bond acceptors (Lipinski definition) is 6. The highest BCUT2D eigenvalue weighted by Gasteiger charge is 2.31. The Bertz CT molecular complexity index is 1590. The molecule has 5 rings (SSSR count). The fraction of sp³-hybridized carbons (Fsp3) is 0.364. The number of sulfonamides is 1. The fourth-order valence-corrected chi connectivity index (χ4v) is 5.90. The summed E-state index contributed by atoms with van der Waals surface area (Å²) in [6, 6.07) is 20.8. The van der Waals surface area contributed by atoms with Gasteiger partial charge in [-0.05, 0) is 79.0 Å². The first kappa shape index (κ1) is 31.2. The number of ether oxygens (including phenoxy) is 1. The van der Waals surface area contributed by atoms with E-state index in [9.17, 15) is 22.8 Å². The molecular formula is C33H38N4O6S. The predicted molar refractivity (Wildman–Crippen MR) is 166 cm³/mol. The summed E-state index contributed by atoms with van der Waals surface area (Å²) in [4.78, 5) is 40.8. The highest BCUT2D eigenvalue weighted by Crippen LogP contribution is 2.28. The van der Waals surface area contributed by atoms with Crippen LogP contribution in [0.15, 0.2) is 78.9 Å². The van der Waals surface area contributed by atoms with Gasteiger partial charge in [0.15, 0.2) is 0 Å². The Morgan fingerprint density at radius 1 is 0.864 bits per heavy atom. The van der Waals surface area contributed by atoms with Gasteiger partial charge in [-0.15, -0.1) is 0 Å². The van der Waals surface area contributed by atoms with E-state index in [1.807, 2.05) is 48.5 Å². The van der Waals surface area contributed by atoms with Crippen LogP contribution < -0.4 is 25.4 Å². The maximum Gasteiger partial charge on any atom is 0.243 e. The second-order valence-corrected chi connectivity index (χ2v) is 13.4. The Balaban J connectivity index is 1.49. The van der Waals surface area contributed by atoms with Gasteiger partial charge in [0.25, 0.3) is 0 Å². The number of aryl methyl sites for hydroxylation is 1. The first-order chi connectivity index (χ1) is 21.1. The number of rotatable bonds is 8. The molecule has 0 unspecified atom stereocenters. The van der Waals surface area contributed by atoms with Crippen molar-refractivity contribution >= 4 is 27.7 Å². The standard InChI is InChI=1S/C33H38N4O6S/c1-44(41,42)37-30-20-25-10-6-12-27(18-25)43-26-11-5-9-24(17-26)19-29(31(38)34-21-23-13-14-23)36-32(39)28(35-33(30)40)16-15-22-7-3-2-4-8-22/h2-12,17-18,23,28-30,37H,13-16,19-21H2,1H3,(H,34,38)(H,35,40)(H,36,39)/t28-,29-,30-/m0/s1. The molecule has 4 bridgehead atoms. The van der Waals surface area contributed by atoms with Gasteiger partial charge in [0.2, 0.25) is 27.7 Å². The van der Waals surface area contributed by atoms with Crippen LogP contribution in [0.2, 0.25) is 0 Å². The molecule has 0 spiro atoms. The van der Waals surface area contributed by atoms with Crippen LogP contribution in [0, 0.1) is 5.92 Å². The van der Waals surface area contributed by atoms with Gasteiger partial charge in [0.1, 0.15) is 29.6 Å². The van der Waals surface area contributed by atoms with E-state index in [2.05, 4.69) is 20.7 Å². The molecule has 3 aromatic carbocycles. The normalized spacial score (nSPS) is 21.0. The molecule has 2 aliphatic rings. The van der Waals surface area contributed by atoms with E-state index in [0.717, 1.165) is 30.2 Å². The lowest BCUT2D eigenvalue weighted by atomic mass is 10.0. The molecule has 4 N–H and O–H groups in total. The van der Waals surface area contributed by atoms with Crippen LogP contribution >= 0.6 is 0 Å². The Morgan fingerprint density at radius 2 is 1.52 bits per heavy atom. The van der Waals surface area contributed by atoms with Crippen LogP contribution in [0.5, 0.6) is 11.5 Å². The average Bonchev–Trinajstić information content (AvgIpc) is 3.82. The second-order valence-electron chi connectivity index (χ2n) is 11.6. The molecule has 1 saturated carbocycles. The minimum absolute atomic E-state index is 0.0232. The minimum atomic E-state index is -3.78. The molecule has 44 heavy (non-hydrogen) atoms. The van der Waals surface area contributed by atoms with Gasteiger partial charge in [-0.1, -0.05) is 54.6 Å². The van der Waals surface area contributed by atoms with E-state index in [0.29, 0.717) is 35.9 Å². The smallest absolute Gasteiger partial charge is 0.243 e. The summed E-state index contributed by atoms with van der Waals surface area (Å²) in [7, 11) is -3.78. The number of nitrogens with one attached hydrogen (secondary N) is 4. The molecule has 1 aliphatic heterocycles. The number of amides is 3. The van der Waals surface area contributed by atoms with Crippen molar-refractivity contribution < 1.29 is 27.5 Å². The van der Waals surface area contributed by atoms with Gasteiger partial charge >= 0.3 is 0 Å². The third-order valence-corrected chi connectivity index (χ3v) is 8.39. The van der Waals surface area contributed by atoms with Crippen molar-refractivity contribution in [3.8, 4) is 11.5 Å². The van der Waals surface area contributed by atoms with Crippen molar-refractivity contribution in [3.63, 3.8) is 0 Å². The Hall–Kier alpha value is -4.22. The zero-order chi connectivity index (χ0) is 31.1. The molecule has 0 saturated heterocycles. The average molecular weight is 619 g/mol. The Kier molecular flexibility index (Phi) is 9.96. The number of benzene rings is 3. The first-order valence-corrected chi connectivity index (χ1v) is 16.8. The lowest BCUT2D eigenvalue weighted by Crippen LogP contribution is -2.57. The SMILES string of the molecule is CS(=O)(=O)N[C@H]1Cc2cccc(c2)Oc2cccc(c2)C[C@@H](C(=O)NCC2CC2)NC(=O)[C@H](CCc2ccccc2)NC1=O. The number of hydrogen-bond donors (Lipinski definition) is 4. The van der Waals surface area contributed by atoms with Crippen molar-refractivity contribution in [3.05, 3.63) is 95.6 Å². The molecule has 10 nitrogen and oxygen atoms in total. The minimum Gasteiger partial charge on any atom is -0.457 e. The van der Waals surface area contributed by atoms with Crippen LogP contribution in [-0.4, -0.2) is 57.1 Å². The summed E-state index contributed by atoms with van der Waals surface area (Å²) in [6.07, 6.45) is 4.05. The van der Waals surface area contributed by atoms with E-state index >= 15 is 0 Å². The van der Waals surface area contributed by atoms with Gasteiger partial charge in [0.05, 0.1) is 6.26 Å². The van der Waals surface area contributed by atoms with Crippen molar-refractivity contribution in [1.82, 2.24) is 20.7 Å². The largest absolute Gasteiger partial charge is 0.457 e. The van der Waals surface area contributed by atoms with Crippen molar-refractivity contribution in [2.24, 2.45) is 5.92 Å².